The van der Waals surface area contributed by atoms with Crippen LogP contribution in [-0.2, 0) is 0 Å². The van der Waals surface area contributed by atoms with Crippen molar-refractivity contribution < 1.29 is 0 Å². The molecule has 0 aromatic carbocycles. The van der Waals surface area contributed by atoms with Gasteiger partial charge < -0.3 is 0 Å². The minimum atomic E-state index is 0.801. The van der Waals surface area contributed by atoms with E-state index in [9.17, 15) is 0 Å². The van der Waals surface area contributed by atoms with Crippen LogP contribution in [0.5, 0.6) is 0 Å². The molecule has 0 heterocycles. The zero-order valence-corrected chi connectivity index (χ0v) is 8.82. The number of hydrazine groups is 1. The van der Waals surface area contributed by atoms with Gasteiger partial charge in [0.1, 0.15) is 0 Å². The largest absolute Gasteiger partial charge is 0.258 e. The van der Waals surface area contributed by atoms with Crippen molar-refractivity contribution in [3.63, 3.8) is 0 Å². The fraction of sp³-hybridized carbons (Fsp3) is 1.00. The van der Waals surface area contributed by atoms with E-state index in [0.29, 0.717) is 0 Å². The van der Waals surface area contributed by atoms with Crippen LogP contribution in [-0.4, -0.2) is 13.1 Å². The summed E-state index contributed by atoms with van der Waals surface area (Å²) in [6.45, 7) is 8.92. The normalized spacial score (nSPS) is 11.0. The molecular weight excluding hydrogens is 148 g/mol. The number of hydrogen-bond acceptors (Lipinski definition) is 2. The topological polar surface area (TPSA) is 24.1 Å². The second-order valence-electron chi connectivity index (χ2n) is 3.74. The lowest BCUT2D eigenvalue weighted by molar-refractivity contribution is 0.465. The summed E-state index contributed by atoms with van der Waals surface area (Å²) in [6.07, 6.45) is 5.17. The summed E-state index contributed by atoms with van der Waals surface area (Å²) < 4.78 is 0. The molecule has 0 amide bonds. The third-order valence-electron chi connectivity index (χ3n) is 1.88. The standard InChI is InChI=1S/C10H24N2/c1-4-5-6-8-11-12-9-7-10(2)3/h10-12H,4-9H2,1-3H3. The van der Waals surface area contributed by atoms with Crippen molar-refractivity contribution in [3.05, 3.63) is 0 Å². The van der Waals surface area contributed by atoms with Gasteiger partial charge in [0.15, 0.2) is 0 Å². The highest BCUT2D eigenvalue weighted by Crippen LogP contribution is 1.95. The maximum absolute atomic E-state index is 3.23. The molecule has 0 rings (SSSR count). The van der Waals surface area contributed by atoms with Crippen LogP contribution >= 0.6 is 0 Å². The molecule has 2 N–H and O–H groups in total. The zero-order valence-electron chi connectivity index (χ0n) is 8.82. The number of unbranched alkanes of at least 4 members (excludes halogenated alkanes) is 2. The summed E-state index contributed by atoms with van der Waals surface area (Å²) >= 11 is 0. The van der Waals surface area contributed by atoms with Gasteiger partial charge in [-0.25, -0.2) is 0 Å². The molecule has 0 fully saturated rings. The average Bonchev–Trinajstić information content (AvgIpc) is 2.02. The Labute approximate surface area is 77.1 Å². The van der Waals surface area contributed by atoms with Crippen molar-refractivity contribution in [2.45, 2.75) is 46.5 Å². The Hall–Kier alpha value is -0.0800. The van der Waals surface area contributed by atoms with E-state index in [1.165, 1.54) is 25.7 Å². The van der Waals surface area contributed by atoms with E-state index < -0.39 is 0 Å². The third-order valence-corrected chi connectivity index (χ3v) is 1.88. The highest BCUT2D eigenvalue weighted by molar-refractivity contribution is 4.48. The van der Waals surface area contributed by atoms with E-state index in [0.717, 1.165) is 19.0 Å². The van der Waals surface area contributed by atoms with Gasteiger partial charge in [-0.1, -0.05) is 33.6 Å². The van der Waals surface area contributed by atoms with Gasteiger partial charge in [-0.15, -0.1) is 0 Å². The first-order valence-electron chi connectivity index (χ1n) is 5.23. The Bertz CT molecular complexity index is 81.9. The second kappa shape index (κ2) is 9.01. The van der Waals surface area contributed by atoms with Gasteiger partial charge in [0.2, 0.25) is 0 Å². The average molecular weight is 172 g/mol. The molecule has 0 spiro atoms. The maximum atomic E-state index is 3.23. The van der Waals surface area contributed by atoms with Crippen molar-refractivity contribution in [1.29, 1.82) is 0 Å². The Balaban J connectivity index is 2.82. The first-order chi connectivity index (χ1) is 5.77. The van der Waals surface area contributed by atoms with E-state index in [1.807, 2.05) is 0 Å². The van der Waals surface area contributed by atoms with Crippen molar-refractivity contribution >= 4 is 0 Å². The van der Waals surface area contributed by atoms with Gasteiger partial charge in [0.05, 0.1) is 0 Å². The second-order valence-corrected chi connectivity index (χ2v) is 3.74. The SMILES string of the molecule is CCCCCNNCCC(C)C. The monoisotopic (exact) mass is 172 g/mol. The van der Waals surface area contributed by atoms with Gasteiger partial charge in [-0.2, -0.15) is 0 Å². The van der Waals surface area contributed by atoms with Crippen LogP contribution in [0.4, 0.5) is 0 Å². The molecule has 0 radical (unpaired) electrons. The van der Waals surface area contributed by atoms with Crippen LogP contribution < -0.4 is 10.9 Å². The Morgan fingerprint density at radius 2 is 1.67 bits per heavy atom. The molecule has 0 aliphatic carbocycles. The fourth-order valence-electron chi connectivity index (χ4n) is 1.00. The molecule has 74 valence electrons. The van der Waals surface area contributed by atoms with Crippen LogP contribution in [0, 0.1) is 5.92 Å². The molecule has 0 saturated carbocycles. The fourth-order valence-corrected chi connectivity index (χ4v) is 1.00. The Kier molecular flexibility index (Phi) is 8.95. The van der Waals surface area contributed by atoms with Crippen molar-refractivity contribution in [2.75, 3.05) is 13.1 Å². The van der Waals surface area contributed by atoms with Gasteiger partial charge in [-0.3, -0.25) is 10.9 Å². The molecule has 12 heavy (non-hydrogen) atoms. The summed E-state index contributed by atoms with van der Waals surface area (Å²) in [7, 11) is 0. The molecule has 2 nitrogen and oxygen atoms in total. The van der Waals surface area contributed by atoms with E-state index in [4.69, 9.17) is 0 Å². The van der Waals surface area contributed by atoms with Gasteiger partial charge in [-0.05, 0) is 18.8 Å². The van der Waals surface area contributed by atoms with Crippen LogP contribution in [0.25, 0.3) is 0 Å². The van der Waals surface area contributed by atoms with E-state index in [-0.39, 0.29) is 0 Å². The molecule has 0 atom stereocenters. The smallest absolute Gasteiger partial charge is 0.0102 e. The first-order valence-corrected chi connectivity index (χ1v) is 5.23. The quantitative estimate of drug-likeness (QED) is 0.434. The molecule has 0 aromatic rings. The van der Waals surface area contributed by atoms with Crippen LogP contribution in [0.3, 0.4) is 0 Å². The minimum absolute atomic E-state index is 0.801. The molecular formula is C10H24N2. The first kappa shape index (κ1) is 11.9. The highest BCUT2D eigenvalue weighted by atomic mass is 15.3. The number of rotatable bonds is 8. The maximum Gasteiger partial charge on any atom is 0.0102 e. The van der Waals surface area contributed by atoms with Crippen LogP contribution in [0.1, 0.15) is 46.5 Å². The molecule has 0 bridgehead atoms. The molecule has 0 aliphatic heterocycles. The van der Waals surface area contributed by atoms with E-state index in [2.05, 4.69) is 31.6 Å². The summed E-state index contributed by atoms with van der Waals surface area (Å²) in [5.74, 6) is 0.801. The molecule has 0 aliphatic rings. The minimum Gasteiger partial charge on any atom is -0.258 e. The summed E-state index contributed by atoms with van der Waals surface area (Å²) in [5, 5.41) is 0. The van der Waals surface area contributed by atoms with Crippen molar-refractivity contribution in [2.24, 2.45) is 5.92 Å². The molecule has 0 aromatic heterocycles. The van der Waals surface area contributed by atoms with Crippen LogP contribution in [0.2, 0.25) is 0 Å². The number of hydrogen-bond donors (Lipinski definition) is 2. The van der Waals surface area contributed by atoms with E-state index in [1.54, 1.807) is 0 Å². The molecule has 0 saturated heterocycles. The van der Waals surface area contributed by atoms with E-state index >= 15 is 0 Å². The summed E-state index contributed by atoms with van der Waals surface area (Å²) in [4.78, 5) is 0. The third kappa shape index (κ3) is 9.92. The predicted octanol–water partition coefficient (Wildman–Crippen LogP) is 2.32. The Morgan fingerprint density at radius 1 is 1.00 bits per heavy atom. The van der Waals surface area contributed by atoms with Gasteiger partial charge in [0.25, 0.3) is 0 Å². The highest BCUT2D eigenvalue weighted by Gasteiger charge is 1.91. The lowest BCUT2D eigenvalue weighted by atomic mass is 10.1. The lowest BCUT2D eigenvalue weighted by Crippen LogP contribution is -2.33. The zero-order chi connectivity index (χ0) is 9.23. The summed E-state index contributed by atoms with van der Waals surface area (Å²) in [5.41, 5.74) is 6.45. The van der Waals surface area contributed by atoms with Gasteiger partial charge in [0, 0.05) is 13.1 Å². The van der Waals surface area contributed by atoms with Gasteiger partial charge >= 0.3 is 0 Å². The predicted molar refractivity (Wildman–Crippen MR) is 55.0 cm³/mol. The number of nitrogens with one attached hydrogen (secondary N) is 2. The van der Waals surface area contributed by atoms with Crippen LogP contribution in [0.15, 0.2) is 0 Å². The lowest BCUT2D eigenvalue weighted by Gasteiger charge is -2.07. The molecule has 2 heteroatoms. The molecule has 0 unspecified atom stereocenters. The van der Waals surface area contributed by atoms with Crippen molar-refractivity contribution in [3.8, 4) is 0 Å². The summed E-state index contributed by atoms with van der Waals surface area (Å²) in [6, 6.07) is 0. The Morgan fingerprint density at radius 3 is 2.25 bits per heavy atom. The van der Waals surface area contributed by atoms with Crippen molar-refractivity contribution in [1.82, 2.24) is 10.9 Å².